The van der Waals surface area contributed by atoms with Gasteiger partial charge in [-0.3, -0.25) is 0 Å². The number of hydrogen-bond donors (Lipinski definition) is 3. The van der Waals surface area contributed by atoms with Crippen LogP contribution < -0.4 is 0 Å². The molecule has 3 N–H and O–H groups in total. The molecule has 0 radical (unpaired) electrons. The molecule has 0 amide bonds. The fourth-order valence-electron chi connectivity index (χ4n) is 2.37. The van der Waals surface area contributed by atoms with Gasteiger partial charge >= 0.3 is 0 Å². The van der Waals surface area contributed by atoms with Crippen molar-refractivity contribution in [3.05, 3.63) is 24.3 Å². The zero-order chi connectivity index (χ0) is 16.5. The number of aliphatic hydroxyl groups is 3. The molecule has 0 rings (SSSR count). The first-order valence-electron chi connectivity index (χ1n) is 8.97. The van der Waals surface area contributed by atoms with Crippen molar-refractivity contribution in [3.8, 4) is 0 Å². The smallest absolute Gasteiger partial charge is 0.0795 e. The fraction of sp³-hybridized carbons (Fsp3) is 0.789. The first-order chi connectivity index (χ1) is 10.7. The molecule has 0 saturated heterocycles. The second-order valence-corrected chi connectivity index (χ2v) is 6.01. The molecule has 0 aliphatic carbocycles. The largest absolute Gasteiger partial charge is 0.394 e. The van der Waals surface area contributed by atoms with Gasteiger partial charge in [-0.15, -0.1) is 0 Å². The lowest BCUT2D eigenvalue weighted by Gasteiger charge is -2.11. The summed E-state index contributed by atoms with van der Waals surface area (Å²) in [5.41, 5.74) is 0. The average Bonchev–Trinajstić information content (AvgIpc) is 2.51. The molecule has 0 aromatic heterocycles. The van der Waals surface area contributed by atoms with Crippen LogP contribution in [0, 0.1) is 0 Å². The van der Waals surface area contributed by atoms with Gasteiger partial charge in [-0.05, 0) is 38.5 Å². The van der Waals surface area contributed by atoms with Crippen LogP contribution in [0.3, 0.4) is 0 Å². The number of aliphatic hydroxyl groups excluding tert-OH is 3. The van der Waals surface area contributed by atoms with E-state index in [0.29, 0.717) is 6.42 Å². The first kappa shape index (κ1) is 21.4. The molecule has 0 fully saturated rings. The average molecular weight is 312 g/mol. The highest BCUT2D eigenvalue weighted by atomic mass is 16.3. The molecule has 0 bridgehead atoms. The highest BCUT2D eigenvalue weighted by Gasteiger charge is 2.08. The van der Waals surface area contributed by atoms with Crippen molar-refractivity contribution in [2.75, 3.05) is 6.61 Å². The number of hydrogen-bond acceptors (Lipinski definition) is 3. The van der Waals surface area contributed by atoms with Crippen molar-refractivity contribution < 1.29 is 15.3 Å². The van der Waals surface area contributed by atoms with Crippen LogP contribution in [-0.2, 0) is 0 Å². The zero-order valence-corrected chi connectivity index (χ0v) is 14.3. The lowest BCUT2D eigenvalue weighted by Crippen LogP contribution is -2.20. The Kier molecular flexibility index (Phi) is 16.2. The van der Waals surface area contributed by atoms with Crippen molar-refractivity contribution in [2.45, 2.75) is 89.8 Å². The predicted molar refractivity (Wildman–Crippen MR) is 93.8 cm³/mol. The van der Waals surface area contributed by atoms with Crippen LogP contribution in [0.25, 0.3) is 0 Å². The normalized spacial score (nSPS) is 14.9. The number of allylic oxidation sites excluding steroid dienone is 3. The van der Waals surface area contributed by atoms with Crippen LogP contribution in [-0.4, -0.2) is 34.1 Å². The van der Waals surface area contributed by atoms with E-state index in [-0.39, 0.29) is 13.0 Å². The Balaban J connectivity index is 3.28. The summed E-state index contributed by atoms with van der Waals surface area (Å²) in [6.07, 6.45) is 19.3. The van der Waals surface area contributed by atoms with Crippen molar-refractivity contribution in [2.24, 2.45) is 0 Å². The molecule has 0 aliphatic heterocycles. The van der Waals surface area contributed by atoms with Crippen LogP contribution in [0.1, 0.15) is 77.6 Å². The monoisotopic (exact) mass is 312 g/mol. The lowest BCUT2D eigenvalue weighted by molar-refractivity contribution is 0.0428. The highest BCUT2D eigenvalue weighted by molar-refractivity contribution is 4.84. The molecule has 0 spiro atoms. The summed E-state index contributed by atoms with van der Waals surface area (Å²) in [7, 11) is 0. The second kappa shape index (κ2) is 16.7. The molecule has 0 heterocycles. The van der Waals surface area contributed by atoms with Crippen molar-refractivity contribution in [1.29, 1.82) is 0 Å². The Labute approximate surface area is 136 Å². The third-order valence-corrected chi connectivity index (χ3v) is 3.72. The van der Waals surface area contributed by atoms with Gasteiger partial charge in [-0.1, -0.05) is 56.9 Å². The molecular weight excluding hydrogens is 276 g/mol. The van der Waals surface area contributed by atoms with Gasteiger partial charge in [0, 0.05) is 6.42 Å². The molecule has 0 aromatic rings. The Morgan fingerprint density at radius 3 is 1.82 bits per heavy atom. The maximum atomic E-state index is 9.60. The number of unbranched alkanes of at least 4 members (excludes halogenated alkanes) is 7. The van der Waals surface area contributed by atoms with Crippen LogP contribution in [0.4, 0.5) is 0 Å². The Morgan fingerprint density at radius 1 is 0.727 bits per heavy atom. The summed E-state index contributed by atoms with van der Waals surface area (Å²) in [6.45, 7) is 1.89. The Hall–Kier alpha value is -0.640. The van der Waals surface area contributed by atoms with Crippen LogP contribution in [0.5, 0.6) is 0 Å². The van der Waals surface area contributed by atoms with Gasteiger partial charge in [0.15, 0.2) is 0 Å². The summed E-state index contributed by atoms with van der Waals surface area (Å²) in [4.78, 5) is 0. The Bertz CT molecular complexity index is 274. The van der Waals surface area contributed by atoms with E-state index >= 15 is 0 Å². The van der Waals surface area contributed by atoms with Gasteiger partial charge in [0.05, 0.1) is 18.8 Å². The van der Waals surface area contributed by atoms with Crippen LogP contribution in [0.2, 0.25) is 0 Å². The van der Waals surface area contributed by atoms with Crippen molar-refractivity contribution >= 4 is 0 Å². The number of rotatable bonds is 15. The molecule has 0 saturated carbocycles. The lowest BCUT2D eigenvalue weighted by atomic mass is 10.1. The van der Waals surface area contributed by atoms with Crippen LogP contribution in [0.15, 0.2) is 24.3 Å². The van der Waals surface area contributed by atoms with Crippen molar-refractivity contribution in [1.82, 2.24) is 0 Å². The van der Waals surface area contributed by atoms with Gasteiger partial charge in [0.25, 0.3) is 0 Å². The summed E-state index contributed by atoms with van der Waals surface area (Å²) in [5.74, 6) is 0. The minimum Gasteiger partial charge on any atom is -0.394 e. The first-order valence-corrected chi connectivity index (χ1v) is 8.97. The van der Waals surface area contributed by atoms with E-state index in [4.69, 9.17) is 5.11 Å². The SMILES string of the molecule is CC/C=C/CCCCCCCC/C=C/C[C@@H](O)C[C@@H](O)CO. The minimum atomic E-state index is -0.805. The molecule has 3 nitrogen and oxygen atoms in total. The molecule has 0 unspecified atom stereocenters. The molecule has 0 aromatic carbocycles. The fourth-order valence-corrected chi connectivity index (χ4v) is 2.37. The van der Waals surface area contributed by atoms with E-state index in [1.165, 1.54) is 44.9 Å². The third kappa shape index (κ3) is 15.7. The van der Waals surface area contributed by atoms with Gasteiger partial charge in [0.1, 0.15) is 0 Å². The van der Waals surface area contributed by atoms with E-state index in [9.17, 15) is 10.2 Å². The summed E-state index contributed by atoms with van der Waals surface area (Å²) >= 11 is 0. The molecule has 3 heteroatoms. The highest BCUT2D eigenvalue weighted by Crippen LogP contribution is 2.10. The van der Waals surface area contributed by atoms with E-state index in [1.807, 2.05) is 6.08 Å². The zero-order valence-electron chi connectivity index (χ0n) is 14.3. The molecule has 22 heavy (non-hydrogen) atoms. The molecular formula is C19H36O3. The van der Waals surface area contributed by atoms with E-state index in [2.05, 4.69) is 25.2 Å². The van der Waals surface area contributed by atoms with Gasteiger partial charge in [-0.25, -0.2) is 0 Å². The summed E-state index contributed by atoms with van der Waals surface area (Å²) in [5, 5.41) is 27.5. The second-order valence-electron chi connectivity index (χ2n) is 6.01. The standard InChI is InChI=1S/C19H36O3/c1-2-3-4-5-6-7-8-9-10-11-12-13-14-15-18(21)16-19(22)17-20/h3-4,13-14,18-22H,2,5-12,15-17H2,1H3/b4-3+,14-13+/t18-,19-/m1/s1. The topological polar surface area (TPSA) is 60.7 Å². The third-order valence-electron chi connectivity index (χ3n) is 3.72. The predicted octanol–water partition coefficient (Wildman–Crippen LogP) is 4.12. The van der Waals surface area contributed by atoms with Gasteiger partial charge in [0.2, 0.25) is 0 Å². The maximum Gasteiger partial charge on any atom is 0.0795 e. The molecule has 130 valence electrons. The summed E-state index contributed by atoms with van der Waals surface area (Å²) in [6, 6.07) is 0. The van der Waals surface area contributed by atoms with E-state index in [1.54, 1.807) is 0 Å². The minimum absolute atomic E-state index is 0.244. The van der Waals surface area contributed by atoms with Gasteiger partial charge < -0.3 is 15.3 Å². The molecule has 2 atom stereocenters. The Morgan fingerprint density at radius 2 is 1.27 bits per heavy atom. The van der Waals surface area contributed by atoms with Crippen molar-refractivity contribution in [3.63, 3.8) is 0 Å². The van der Waals surface area contributed by atoms with Gasteiger partial charge in [-0.2, -0.15) is 0 Å². The quantitative estimate of drug-likeness (QED) is 0.315. The van der Waals surface area contributed by atoms with E-state index in [0.717, 1.165) is 12.8 Å². The molecule has 0 aliphatic rings. The maximum absolute atomic E-state index is 9.60. The van der Waals surface area contributed by atoms with E-state index < -0.39 is 12.2 Å². The summed E-state index contributed by atoms with van der Waals surface area (Å²) < 4.78 is 0. The van der Waals surface area contributed by atoms with Crippen LogP contribution >= 0.6 is 0 Å².